The average molecular weight is 435 g/mol. The van der Waals surface area contributed by atoms with Crippen molar-refractivity contribution in [1.29, 1.82) is 0 Å². The van der Waals surface area contributed by atoms with Gasteiger partial charge in [-0.2, -0.15) is 0 Å². The molecule has 144 valence electrons. The summed E-state index contributed by atoms with van der Waals surface area (Å²) < 4.78 is 7.36. The smallest absolute Gasteiger partial charge is 0.410 e. The molecule has 1 aromatic carbocycles. The van der Waals surface area contributed by atoms with Gasteiger partial charge in [0, 0.05) is 32.0 Å². The number of fused-ring (bicyclic) bond motifs is 1. The van der Waals surface area contributed by atoms with E-state index in [2.05, 4.69) is 33.2 Å². The first kappa shape index (κ1) is 19.4. The molecule has 0 bridgehead atoms. The van der Waals surface area contributed by atoms with Crippen LogP contribution in [0.3, 0.4) is 0 Å². The second-order valence-corrected chi connectivity index (χ2v) is 7.39. The van der Waals surface area contributed by atoms with Crippen LogP contribution in [0.15, 0.2) is 33.8 Å². The molecule has 0 spiro atoms. The number of halogens is 1. The van der Waals surface area contributed by atoms with Gasteiger partial charge in [0.25, 0.3) is 5.56 Å². The van der Waals surface area contributed by atoms with Crippen LogP contribution < -0.4 is 10.9 Å². The molecule has 1 aliphatic rings. The first-order valence-electron chi connectivity index (χ1n) is 9.01. The van der Waals surface area contributed by atoms with Gasteiger partial charge in [0.2, 0.25) is 0 Å². The molecule has 0 fully saturated rings. The van der Waals surface area contributed by atoms with Crippen LogP contribution >= 0.6 is 15.9 Å². The van der Waals surface area contributed by atoms with Crippen molar-refractivity contribution in [3.05, 3.63) is 50.5 Å². The summed E-state index contributed by atoms with van der Waals surface area (Å²) in [6, 6.07) is 5.88. The van der Waals surface area contributed by atoms with Crippen molar-refractivity contribution in [1.82, 2.24) is 14.5 Å². The maximum atomic E-state index is 12.2. The lowest BCUT2D eigenvalue weighted by Crippen LogP contribution is -2.36. The third-order valence-corrected chi connectivity index (χ3v) is 4.89. The SMILES string of the molecule is CCCCOC(=O)N1CCc2cc(Nc3nc(Br)cn(C)c3=O)ccc2C1. The van der Waals surface area contributed by atoms with Crippen LogP contribution in [0.2, 0.25) is 0 Å². The number of amides is 1. The summed E-state index contributed by atoms with van der Waals surface area (Å²) in [6.07, 6.45) is 4.00. The Kier molecular flexibility index (Phi) is 6.15. The van der Waals surface area contributed by atoms with Gasteiger partial charge in [0.15, 0.2) is 5.82 Å². The third-order valence-electron chi connectivity index (χ3n) is 4.50. The largest absolute Gasteiger partial charge is 0.449 e. The second kappa shape index (κ2) is 8.56. The number of carbonyl (C=O) groups excluding carboxylic acids is 1. The quantitative estimate of drug-likeness (QED) is 0.727. The van der Waals surface area contributed by atoms with Crippen LogP contribution in [-0.2, 0) is 24.8 Å². The van der Waals surface area contributed by atoms with E-state index in [9.17, 15) is 9.59 Å². The molecular weight excluding hydrogens is 412 g/mol. The van der Waals surface area contributed by atoms with E-state index in [1.807, 2.05) is 18.2 Å². The van der Waals surface area contributed by atoms with Crippen molar-refractivity contribution in [2.24, 2.45) is 7.05 Å². The molecule has 1 amide bonds. The maximum absolute atomic E-state index is 12.2. The Bertz CT molecular complexity index is 897. The molecule has 0 atom stereocenters. The van der Waals surface area contributed by atoms with E-state index >= 15 is 0 Å². The molecule has 3 rings (SSSR count). The van der Waals surface area contributed by atoms with E-state index in [-0.39, 0.29) is 17.5 Å². The van der Waals surface area contributed by atoms with E-state index < -0.39 is 0 Å². The number of anilines is 2. The number of ether oxygens (including phenoxy) is 1. The number of aryl methyl sites for hydroxylation is 1. The molecule has 2 heterocycles. The van der Waals surface area contributed by atoms with Gasteiger partial charge < -0.3 is 19.5 Å². The Hall–Kier alpha value is -2.35. The fourth-order valence-corrected chi connectivity index (χ4v) is 3.45. The lowest BCUT2D eigenvalue weighted by molar-refractivity contribution is 0.0966. The van der Waals surface area contributed by atoms with Gasteiger partial charge >= 0.3 is 6.09 Å². The van der Waals surface area contributed by atoms with E-state index in [4.69, 9.17) is 4.74 Å². The van der Waals surface area contributed by atoms with Crippen LogP contribution in [0.4, 0.5) is 16.3 Å². The maximum Gasteiger partial charge on any atom is 0.410 e. The van der Waals surface area contributed by atoms with Crippen molar-refractivity contribution in [2.45, 2.75) is 32.7 Å². The normalized spacial score (nSPS) is 13.2. The summed E-state index contributed by atoms with van der Waals surface area (Å²) in [7, 11) is 1.68. The molecule has 0 radical (unpaired) electrons. The number of nitrogens with zero attached hydrogens (tertiary/aromatic N) is 3. The fourth-order valence-electron chi connectivity index (χ4n) is 2.97. The molecule has 0 unspecified atom stereocenters. The summed E-state index contributed by atoms with van der Waals surface area (Å²) in [5, 5.41) is 3.09. The van der Waals surface area contributed by atoms with Crippen LogP contribution in [-0.4, -0.2) is 33.7 Å². The van der Waals surface area contributed by atoms with E-state index in [0.29, 0.717) is 24.3 Å². The predicted molar refractivity (Wildman–Crippen MR) is 107 cm³/mol. The summed E-state index contributed by atoms with van der Waals surface area (Å²) in [4.78, 5) is 30.3. The third kappa shape index (κ3) is 4.68. The number of carbonyl (C=O) groups is 1. The van der Waals surface area contributed by atoms with Crippen molar-refractivity contribution in [2.75, 3.05) is 18.5 Å². The van der Waals surface area contributed by atoms with Crippen LogP contribution in [0.1, 0.15) is 30.9 Å². The first-order chi connectivity index (χ1) is 13.0. The van der Waals surface area contributed by atoms with Crippen LogP contribution in [0.5, 0.6) is 0 Å². The van der Waals surface area contributed by atoms with Crippen molar-refractivity contribution < 1.29 is 9.53 Å². The number of rotatable bonds is 5. The van der Waals surface area contributed by atoms with Gasteiger partial charge in [-0.3, -0.25) is 4.79 Å². The minimum atomic E-state index is -0.252. The van der Waals surface area contributed by atoms with Gasteiger partial charge in [-0.15, -0.1) is 0 Å². The zero-order valence-corrected chi connectivity index (χ0v) is 17.1. The average Bonchev–Trinajstić information content (AvgIpc) is 2.65. The zero-order valence-electron chi connectivity index (χ0n) is 15.5. The number of benzene rings is 1. The van der Waals surface area contributed by atoms with Gasteiger partial charge in [-0.05, 0) is 52.0 Å². The van der Waals surface area contributed by atoms with Crippen LogP contribution in [0.25, 0.3) is 0 Å². The minimum Gasteiger partial charge on any atom is -0.449 e. The van der Waals surface area contributed by atoms with Gasteiger partial charge in [0.1, 0.15) is 4.60 Å². The summed E-state index contributed by atoms with van der Waals surface area (Å²) in [5.74, 6) is 0.267. The van der Waals surface area contributed by atoms with Gasteiger partial charge in [-0.1, -0.05) is 19.4 Å². The highest BCUT2D eigenvalue weighted by molar-refractivity contribution is 9.10. The van der Waals surface area contributed by atoms with Crippen molar-refractivity contribution in [3.8, 4) is 0 Å². The van der Waals surface area contributed by atoms with E-state index in [1.165, 1.54) is 4.57 Å². The Morgan fingerprint density at radius 3 is 2.96 bits per heavy atom. The minimum absolute atomic E-state index is 0.197. The standard InChI is InChI=1S/C19H23BrN4O3/c1-3-4-9-27-19(26)24-8-7-13-10-15(6-5-14(13)11-24)21-17-18(25)23(2)12-16(20)22-17/h5-6,10,12H,3-4,7-9,11H2,1-2H3,(H,21,22). The topological polar surface area (TPSA) is 76.5 Å². The van der Waals surface area contributed by atoms with E-state index in [0.717, 1.165) is 36.1 Å². The number of hydrogen-bond donors (Lipinski definition) is 1. The Morgan fingerprint density at radius 1 is 1.37 bits per heavy atom. The summed E-state index contributed by atoms with van der Waals surface area (Å²) in [5.41, 5.74) is 2.85. The van der Waals surface area contributed by atoms with Crippen molar-refractivity contribution in [3.63, 3.8) is 0 Å². The van der Waals surface area contributed by atoms with Crippen LogP contribution in [0, 0.1) is 0 Å². The highest BCUT2D eigenvalue weighted by Gasteiger charge is 2.22. The second-order valence-electron chi connectivity index (χ2n) is 6.58. The highest BCUT2D eigenvalue weighted by atomic mass is 79.9. The molecule has 2 aromatic rings. The highest BCUT2D eigenvalue weighted by Crippen LogP contribution is 2.24. The summed E-state index contributed by atoms with van der Waals surface area (Å²) >= 11 is 3.30. The lowest BCUT2D eigenvalue weighted by atomic mass is 9.99. The number of nitrogens with one attached hydrogen (secondary N) is 1. The molecular formula is C19H23BrN4O3. The number of hydrogen-bond acceptors (Lipinski definition) is 5. The molecule has 0 saturated carbocycles. The molecule has 0 saturated heterocycles. The fraction of sp³-hybridized carbons (Fsp3) is 0.421. The number of unbranched alkanes of at least 4 members (excludes halogenated alkanes) is 1. The number of aromatic nitrogens is 2. The predicted octanol–water partition coefficient (Wildman–Crippen LogP) is 3.58. The Morgan fingerprint density at radius 2 is 2.19 bits per heavy atom. The van der Waals surface area contributed by atoms with Crippen molar-refractivity contribution >= 4 is 33.5 Å². The Labute approximate surface area is 166 Å². The molecule has 1 aliphatic heterocycles. The molecule has 1 N–H and O–H groups in total. The Balaban J connectivity index is 1.70. The molecule has 8 heteroatoms. The van der Waals surface area contributed by atoms with Gasteiger partial charge in [-0.25, -0.2) is 9.78 Å². The molecule has 0 aliphatic carbocycles. The first-order valence-corrected chi connectivity index (χ1v) is 9.81. The zero-order chi connectivity index (χ0) is 19.4. The molecule has 7 nitrogen and oxygen atoms in total. The van der Waals surface area contributed by atoms with Gasteiger partial charge in [0.05, 0.1) is 6.61 Å². The summed E-state index contributed by atoms with van der Waals surface area (Å²) in [6.45, 7) is 3.70. The monoisotopic (exact) mass is 434 g/mol. The lowest BCUT2D eigenvalue weighted by Gasteiger charge is -2.28. The molecule has 1 aromatic heterocycles. The van der Waals surface area contributed by atoms with E-state index in [1.54, 1.807) is 18.1 Å². The molecule has 27 heavy (non-hydrogen) atoms.